The molecule has 0 saturated heterocycles. The highest BCUT2D eigenvalue weighted by atomic mass is 79.9. The summed E-state index contributed by atoms with van der Waals surface area (Å²) < 4.78 is 4.65. The van der Waals surface area contributed by atoms with Crippen molar-refractivity contribution >= 4 is 21.9 Å². The molecule has 0 aromatic heterocycles. The molecule has 0 aromatic rings. The lowest BCUT2D eigenvalue weighted by atomic mass is 10.5. The number of halogens is 1. The summed E-state index contributed by atoms with van der Waals surface area (Å²) in [6.45, 7) is 2.49. The van der Waals surface area contributed by atoms with E-state index in [0.717, 1.165) is 6.42 Å². The summed E-state index contributed by atoms with van der Waals surface area (Å²) in [5.41, 5.74) is 13.5. The maximum atomic E-state index is 10.3. The van der Waals surface area contributed by atoms with Crippen LogP contribution in [0.15, 0.2) is 0 Å². The van der Waals surface area contributed by atoms with Gasteiger partial charge in [0, 0.05) is 0 Å². The topological polar surface area (TPSA) is 104 Å². The van der Waals surface area contributed by atoms with Gasteiger partial charge in [0.1, 0.15) is 5.33 Å². The molecule has 0 rings (SSSR count). The zero-order valence-corrected chi connectivity index (χ0v) is 11.1. The second-order valence-corrected chi connectivity index (χ2v) is 1.91. The van der Waals surface area contributed by atoms with Crippen LogP contribution in [0.2, 0.25) is 0 Å². The number of carbonyl (C=O) groups excluding carboxylic acids is 1. The molecule has 0 aliphatic rings. The Labute approximate surface area is 95.5 Å². The molecule has 0 fully saturated rings. The number of carbonyl (C=O) groups is 1. The number of rotatable bonds is 3. The molecule has 0 saturated carbocycles. The van der Waals surface area contributed by atoms with Crippen molar-refractivity contribution in [2.75, 3.05) is 33.1 Å². The first kappa shape index (κ1) is 23.6. The maximum absolute atomic E-state index is 10.3. The van der Waals surface area contributed by atoms with E-state index in [0.29, 0.717) is 11.9 Å². The molecule has 0 unspecified atom stereocenters. The third-order valence-electron chi connectivity index (χ3n) is 0.576. The van der Waals surface area contributed by atoms with Gasteiger partial charge in [-0.05, 0) is 27.6 Å². The largest absolute Gasteiger partial charge is 0.465 e. The minimum Gasteiger partial charge on any atom is -0.465 e. The van der Waals surface area contributed by atoms with Crippen LogP contribution in [0.3, 0.4) is 0 Å². The van der Waals surface area contributed by atoms with E-state index in [4.69, 9.17) is 0 Å². The molecule has 0 aliphatic carbocycles. The molecule has 0 amide bonds. The summed E-state index contributed by atoms with van der Waals surface area (Å²) in [7, 11) is 4.50. The van der Waals surface area contributed by atoms with E-state index in [2.05, 4.69) is 37.9 Å². The van der Waals surface area contributed by atoms with Crippen molar-refractivity contribution in [1.29, 1.82) is 0 Å². The van der Waals surface area contributed by atoms with Crippen LogP contribution >= 0.6 is 15.9 Å². The molecule has 5 nitrogen and oxygen atoms in total. The van der Waals surface area contributed by atoms with Crippen LogP contribution in [-0.4, -0.2) is 39.0 Å². The Morgan fingerprint density at radius 1 is 1.14 bits per heavy atom. The quantitative estimate of drug-likeness (QED) is 0.498. The standard InChI is InChI=1S/C5H9BrO2.3CH5N/c1-2-3-8-5(7)4-6;3*1-2/h2-4H2,1H3;3*2H2,1H3. The highest BCUT2D eigenvalue weighted by Gasteiger charge is 1.94. The van der Waals surface area contributed by atoms with Gasteiger partial charge in [-0.15, -0.1) is 0 Å². The third-order valence-corrected chi connectivity index (χ3v) is 1.03. The first-order valence-corrected chi connectivity index (χ1v) is 5.38. The van der Waals surface area contributed by atoms with Gasteiger partial charge in [-0.3, -0.25) is 4.79 Å². The van der Waals surface area contributed by atoms with Crippen molar-refractivity contribution in [3.63, 3.8) is 0 Å². The predicted molar refractivity (Wildman–Crippen MR) is 65.4 cm³/mol. The van der Waals surface area contributed by atoms with Crippen molar-refractivity contribution in [2.45, 2.75) is 13.3 Å². The zero-order chi connectivity index (χ0) is 12.4. The van der Waals surface area contributed by atoms with E-state index in [1.807, 2.05) is 6.92 Å². The van der Waals surface area contributed by atoms with Gasteiger partial charge < -0.3 is 21.9 Å². The van der Waals surface area contributed by atoms with Crippen LogP contribution in [-0.2, 0) is 9.53 Å². The summed E-state index contributed by atoms with van der Waals surface area (Å²) in [6.07, 6.45) is 0.888. The molecule has 14 heavy (non-hydrogen) atoms. The Morgan fingerprint density at radius 3 is 1.71 bits per heavy atom. The van der Waals surface area contributed by atoms with Crippen molar-refractivity contribution < 1.29 is 9.53 Å². The van der Waals surface area contributed by atoms with Gasteiger partial charge in [0.15, 0.2) is 0 Å². The van der Waals surface area contributed by atoms with Crippen LogP contribution in [0.5, 0.6) is 0 Å². The van der Waals surface area contributed by atoms with E-state index >= 15 is 0 Å². The van der Waals surface area contributed by atoms with Gasteiger partial charge in [-0.1, -0.05) is 22.9 Å². The van der Waals surface area contributed by atoms with Crippen LogP contribution in [0.25, 0.3) is 0 Å². The minimum atomic E-state index is -0.188. The number of hydrogen-bond acceptors (Lipinski definition) is 5. The summed E-state index contributed by atoms with van der Waals surface area (Å²) in [6, 6.07) is 0. The summed E-state index contributed by atoms with van der Waals surface area (Å²) in [5, 5.41) is 0.299. The molecule has 0 aromatic carbocycles. The predicted octanol–water partition coefficient (Wildman–Crippen LogP) is 0.0592. The Kier molecular flexibility index (Phi) is 64.8. The zero-order valence-electron chi connectivity index (χ0n) is 9.55. The smallest absolute Gasteiger partial charge is 0.316 e. The lowest BCUT2D eigenvalue weighted by Crippen LogP contribution is -2.05. The van der Waals surface area contributed by atoms with Gasteiger partial charge in [0.05, 0.1) is 6.61 Å². The highest BCUT2D eigenvalue weighted by Crippen LogP contribution is 1.86. The summed E-state index contributed by atoms with van der Waals surface area (Å²) in [5.74, 6) is -0.188. The Hall–Kier alpha value is -0.170. The molecule has 90 valence electrons. The van der Waals surface area contributed by atoms with E-state index in [1.165, 1.54) is 21.1 Å². The molecule has 0 radical (unpaired) electrons. The molecule has 6 N–H and O–H groups in total. The molecule has 0 spiro atoms. The summed E-state index contributed by atoms with van der Waals surface area (Å²) >= 11 is 2.97. The number of alkyl halides is 1. The van der Waals surface area contributed by atoms with Gasteiger partial charge in [0.25, 0.3) is 0 Å². The monoisotopic (exact) mass is 273 g/mol. The minimum absolute atomic E-state index is 0.188. The normalized spacial score (nSPS) is 6.29. The first-order valence-electron chi connectivity index (χ1n) is 4.26. The van der Waals surface area contributed by atoms with Crippen LogP contribution in [0.4, 0.5) is 0 Å². The van der Waals surface area contributed by atoms with Crippen molar-refractivity contribution in [3.8, 4) is 0 Å². The van der Waals surface area contributed by atoms with E-state index in [1.54, 1.807) is 0 Å². The van der Waals surface area contributed by atoms with Crippen LogP contribution in [0, 0.1) is 0 Å². The fourth-order valence-corrected chi connectivity index (χ4v) is 0.416. The van der Waals surface area contributed by atoms with Gasteiger partial charge in [-0.25, -0.2) is 0 Å². The van der Waals surface area contributed by atoms with Gasteiger partial charge in [0.2, 0.25) is 0 Å². The average Bonchev–Trinajstić information content (AvgIpc) is 2.33. The molecule has 0 aliphatic heterocycles. The van der Waals surface area contributed by atoms with Crippen molar-refractivity contribution in [3.05, 3.63) is 0 Å². The highest BCUT2D eigenvalue weighted by molar-refractivity contribution is 9.09. The molecule has 6 heteroatoms. The number of ether oxygens (including phenoxy) is 1. The number of hydrogen-bond donors (Lipinski definition) is 3. The lowest BCUT2D eigenvalue weighted by molar-refractivity contribution is -0.140. The first-order chi connectivity index (χ1) is 6.81. The number of esters is 1. The average molecular weight is 274 g/mol. The fraction of sp³-hybridized carbons (Fsp3) is 0.875. The molecule has 0 atom stereocenters. The van der Waals surface area contributed by atoms with Crippen molar-refractivity contribution in [1.82, 2.24) is 0 Å². The van der Waals surface area contributed by atoms with Crippen LogP contribution < -0.4 is 17.2 Å². The van der Waals surface area contributed by atoms with E-state index in [9.17, 15) is 4.79 Å². The SMILES string of the molecule is CCCOC(=O)CBr.CN.CN.CN. The molecular formula is C8H24BrN3O2. The Bertz CT molecular complexity index is 85.0. The van der Waals surface area contributed by atoms with E-state index in [-0.39, 0.29) is 5.97 Å². The maximum Gasteiger partial charge on any atom is 0.316 e. The van der Waals surface area contributed by atoms with Gasteiger partial charge in [-0.2, -0.15) is 0 Å². The Morgan fingerprint density at radius 2 is 1.50 bits per heavy atom. The van der Waals surface area contributed by atoms with Crippen LogP contribution in [0.1, 0.15) is 13.3 Å². The number of nitrogens with two attached hydrogens (primary N) is 3. The molecule has 0 bridgehead atoms. The summed E-state index contributed by atoms with van der Waals surface area (Å²) in [4.78, 5) is 10.3. The fourth-order valence-electron chi connectivity index (χ4n) is 0.254. The Balaban J connectivity index is -0.0000000708. The van der Waals surface area contributed by atoms with Crippen molar-refractivity contribution in [2.24, 2.45) is 17.2 Å². The molecular weight excluding hydrogens is 250 g/mol. The molecule has 0 heterocycles. The second-order valence-electron chi connectivity index (χ2n) is 1.35. The van der Waals surface area contributed by atoms with Gasteiger partial charge >= 0.3 is 5.97 Å². The lowest BCUT2D eigenvalue weighted by Gasteiger charge is -1.96. The third kappa shape index (κ3) is 40.8. The van der Waals surface area contributed by atoms with E-state index < -0.39 is 0 Å². The second kappa shape index (κ2) is 38.5.